The molecule has 0 saturated carbocycles. The Morgan fingerprint density at radius 3 is 2.57 bits per heavy atom. The summed E-state index contributed by atoms with van der Waals surface area (Å²) in [6.07, 6.45) is -2.86. The fourth-order valence-corrected chi connectivity index (χ4v) is 1.63. The summed E-state index contributed by atoms with van der Waals surface area (Å²) in [6.45, 7) is 0. The monoisotopic (exact) mass is 315 g/mol. The highest BCUT2D eigenvalue weighted by Crippen LogP contribution is 2.24. The van der Waals surface area contributed by atoms with Crippen LogP contribution >= 0.6 is 22.6 Å². The first-order chi connectivity index (χ1) is 6.43. The van der Waals surface area contributed by atoms with Crippen molar-refractivity contribution in [2.75, 3.05) is 0 Å². The van der Waals surface area contributed by atoms with Gasteiger partial charge in [-0.05, 0) is 22.6 Å². The summed E-state index contributed by atoms with van der Waals surface area (Å²) in [5, 5.41) is 8.58. The quantitative estimate of drug-likeness (QED) is 0.815. The van der Waals surface area contributed by atoms with Crippen molar-refractivity contribution in [2.24, 2.45) is 0 Å². The van der Waals surface area contributed by atoms with Crippen LogP contribution in [-0.2, 0) is 0 Å². The lowest BCUT2D eigenvalue weighted by molar-refractivity contribution is 0.0688. The molecule has 0 amide bonds. The molecule has 1 rings (SSSR count). The van der Waals surface area contributed by atoms with Crippen molar-refractivity contribution < 1.29 is 18.7 Å². The first kappa shape index (κ1) is 11.1. The summed E-state index contributed by atoms with van der Waals surface area (Å²) < 4.78 is 24.5. The SMILES string of the molecule is O=C(O)c1[nH]c(=O)cc(C(F)F)c1I. The van der Waals surface area contributed by atoms with Gasteiger partial charge in [0.15, 0.2) is 0 Å². The highest BCUT2D eigenvalue weighted by Gasteiger charge is 2.19. The van der Waals surface area contributed by atoms with E-state index >= 15 is 0 Å². The molecule has 0 radical (unpaired) electrons. The number of pyridine rings is 1. The van der Waals surface area contributed by atoms with E-state index in [1.54, 1.807) is 0 Å². The number of nitrogens with one attached hydrogen (secondary N) is 1. The molecule has 1 heterocycles. The van der Waals surface area contributed by atoms with Gasteiger partial charge < -0.3 is 10.1 Å². The third-order valence-electron chi connectivity index (χ3n) is 1.46. The fraction of sp³-hybridized carbons (Fsp3) is 0.143. The highest BCUT2D eigenvalue weighted by atomic mass is 127. The average molecular weight is 315 g/mol. The van der Waals surface area contributed by atoms with Crippen LogP contribution in [0, 0.1) is 3.57 Å². The third kappa shape index (κ3) is 2.08. The number of carboxylic acids is 1. The molecule has 0 spiro atoms. The zero-order valence-corrected chi connectivity index (χ0v) is 8.71. The van der Waals surface area contributed by atoms with Crippen LogP contribution in [0.3, 0.4) is 0 Å². The second-order valence-corrected chi connectivity index (χ2v) is 3.46. The van der Waals surface area contributed by atoms with Gasteiger partial charge >= 0.3 is 5.97 Å². The van der Waals surface area contributed by atoms with Crippen LogP contribution in [0.1, 0.15) is 22.5 Å². The van der Waals surface area contributed by atoms with Crippen LogP contribution in [-0.4, -0.2) is 16.1 Å². The summed E-state index contributed by atoms with van der Waals surface area (Å²) in [4.78, 5) is 23.3. The van der Waals surface area contributed by atoms with Crippen molar-refractivity contribution >= 4 is 28.6 Å². The Morgan fingerprint density at radius 2 is 2.14 bits per heavy atom. The van der Waals surface area contributed by atoms with Crippen LogP contribution in [0.2, 0.25) is 0 Å². The Balaban J connectivity index is 3.48. The lowest BCUT2D eigenvalue weighted by atomic mass is 10.2. The average Bonchev–Trinajstić information content (AvgIpc) is 2.07. The number of aromatic amines is 1. The fourth-order valence-electron chi connectivity index (χ4n) is 0.869. The number of hydrogen-bond donors (Lipinski definition) is 2. The second-order valence-electron chi connectivity index (χ2n) is 2.38. The molecule has 1 aromatic heterocycles. The van der Waals surface area contributed by atoms with Crippen molar-refractivity contribution in [2.45, 2.75) is 6.43 Å². The predicted octanol–water partition coefficient (Wildman–Crippen LogP) is 1.62. The molecule has 76 valence electrons. The molecule has 0 atom stereocenters. The van der Waals surface area contributed by atoms with Crippen molar-refractivity contribution in [3.8, 4) is 0 Å². The van der Waals surface area contributed by atoms with Gasteiger partial charge in [0.05, 0.1) is 3.57 Å². The highest BCUT2D eigenvalue weighted by molar-refractivity contribution is 14.1. The lowest BCUT2D eigenvalue weighted by Crippen LogP contribution is -2.16. The molecule has 0 aromatic carbocycles. The van der Waals surface area contributed by atoms with E-state index in [2.05, 4.69) is 0 Å². The topological polar surface area (TPSA) is 70.2 Å². The largest absolute Gasteiger partial charge is 0.477 e. The summed E-state index contributed by atoms with van der Waals surface area (Å²) in [6, 6.07) is 0.693. The zero-order chi connectivity index (χ0) is 10.9. The van der Waals surface area contributed by atoms with E-state index < -0.39 is 29.2 Å². The molecular formula is C7H4F2INO3. The van der Waals surface area contributed by atoms with Gasteiger partial charge in [0.25, 0.3) is 6.43 Å². The molecule has 1 aromatic rings. The number of carbonyl (C=O) groups is 1. The minimum absolute atomic E-state index is 0.148. The molecule has 0 saturated heterocycles. The van der Waals surface area contributed by atoms with Gasteiger partial charge in [-0.2, -0.15) is 0 Å². The normalized spacial score (nSPS) is 10.6. The van der Waals surface area contributed by atoms with Gasteiger partial charge in [-0.25, -0.2) is 13.6 Å². The third-order valence-corrected chi connectivity index (χ3v) is 2.62. The summed E-state index contributed by atoms with van der Waals surface area (Å²) in [7, 11) is 0. The predicted molar refractivity (Wildman–Crippen MR) is 51.7 cm³/mol. The van der Waals surface area contributed by atoms with E-state index in [1.807, 2.05) is 4.98 Å². The number of aromatic nitrogens is 1. The Morgan fingerprint density at radius 1 is 1.57 bits per heavy atom. The van der Waals surface area contributed by atoms with Crippen molar-refractivity contribution in [3.05, 3.63) is 31.2 Å². The van der Waals surface area contributed by atoms with Crippen molar-refractivity contribution in [3.63, 3.8) is 0 Å². The molecule has 0 fully saturated rings. The van der Waals surface area contributed by atoms with Crippen LogP contribution < -0.4 is 5.56 Å². The van der Waals surface area contributed by atoms with E-state index in [0.717, 1.165) is 0 Å². The maximum atomic E-state index is 12.3. The number of hydrogen-bond acceptors (Lipinski definition) is 2. The molecule has 14 heavy (non-hydrogen) atoms. The maximum absolute atomic E-state index is 12.3. The maximum Gasteiger partial charge on any atom is 0.353 e. The van der Waals surface area contributed by atoms with E-state index in [9.17, 15) is 18.4 Å². The summed E-state index contributed by atoms with van der Waals surface area (Å²) >= 11 is 1.46. The van der Waals surface area contributed by atoms with Gasteiger partial charge in [0.1, 0.15) is 5.69 Å². The van der Waals surface area contributed by atoms with Crippen LogP contribution in [0.4, 0.5) is 8.78 Å². The lowest BCUT2D eigenvalue weighted by Gasteiger charge is -2.04. The summed E-state index contributed by atoms with van der Waals surface area (Å²) in [5.74, 6) is -1.44. The minimum atomic E-state index is -2.86. The first-order valence-corrected chi connectivity index (χ1v) is 4.45. The molecule has 0 unspecified atom stereocenters. The molecule has 0 aliphatic carbocycles. The first-order valence-electron chi connectivity index (χ1n) is 3.37. The van der Waals surface area contributed by atoms with Crippen LogP contribution in [0.15, 0.2) is 10.9 Å². The molecule has 0 bridgehead atoms. The van der Waals surface area contributed by atoms with Gasteiger partial charge in [-0.15, -0.1) is 0 Å². The number of aromatic carboxylic acids is 1. The number of halogens is 3. The Hall–Kier alpha value is -0.990. The molecule has 7 heteroatoms. The Bertz CT molecular complexity index is 429. The standard InChI is InChI=1S/C7H4F2INO3/c8-6(9)2-1-3(12)11-5(4(2)10)7(13)14/h1,6H,(H,11,12)(H,13,14). The molecule has 4 nitrogen and oxygen atoms in total. The minimum Gasteiger partial charge on any atom is -0.477 e. The van der Waals surface area contributed by atoms with Gasteiger partial charge in [-0.3, -0.25) is 4.79 Å². The van der Waals surface area contributed by atoms with Crippen LogP contribution in [0.5, 0.6) is 0 Å². The van der Waals surface area contributed by atoms with Crippen molar-refractivity contribution in [1.82, 2.24) is 4.98 Å². The molecule has 0 aliphatic heterocycles. The van der Waals surface area contributed by atoms with E-state index in [4.69, 9.17) is 5.11 Å². The number of H-pyrrole nitrogens is 1. The Labute approximate surface area is 90.1 Å². The molecule has 2 N–H and O–H groups in total. The van der Waals surface area contributed by atoms with Crippen LogP contribution in [0.25, 0.3) is 0 Å². The van der Waals surface area contributed by atoms with Gasteiger partial charge in [0, 0.05) is 11.6 Å². The van der Waals surface area contributed by atoms with E-state index in [1.165, 1.54) is 22.6 Å². The smallest absolute Gasteiger partial charge is 0.353 e. The number of carboxylic acid groups (broad SMARTS) is 1. The second kappa shape index (κ2) is 4.03. The Kier molecular flexibility index (Phi) is 3.19. The number of alkyl halides is 2. The van der Waals surface area contributed by atoms with E-state index in [-0.39, 0.29) is 3.57 Å². The molecular weight excluding hydrogens is 311 g/mol. The zero-order valence-electron chi connectivity index (χ0n) is 6.55. The summed E-state index contributed by atoms with van der Waals surface area (Å²) in [5.41, 5.74) is -1.92. The molecule has 0 aliphatic rings. The van der Waals surface area contributed by atoms with Gasteiger partial charge in [0.2, 0.25) is 5.56 Å². The van der Waals surface area contributed by atoms with Crippen molar-refractivity contribution in [1.29, 1.82) is 0 Å². The van der Waals surface area contributed by atoms with E-state index in [0.29, 0.717) is 6.07 Å². The van der Waals surface area contributed by atoms with Gasteiger partial charge in [-0.1, -0.05) is 0 Å². The number of rotatable bonds is 2.